The summed E-state index contributed by atoms with van der Waals surface area (Å²) in [6.07, 6.45) is 0. The second-order valence-corrected chi connectivity index (χ2v) is 7.23. The number of nitrogens with one attached hydrogen (secondary N) is 1. The minimum atomic E-state index is -3.58. The SMILES string of the molecule is Cc1noc(C(C)C)c1C(=O)Nc1ccc(CS(N)(=O)=O)cc1. The standard InChI is InChI=1S/C15H19N3O4S/c1-9(2)14-13(10(3)18-22-14)15(19)17-12-6-4-11(5-7-12)8-23(16,20)21/h4-7,9H,8H2,1-3H3,(H,17,19)(H2,16,20,21). The Hall–Kier alpha value is -2.19. The molecule has 0 saturated carbocycles. The van der Waals surface area contributed by atoms with Crippen molar-refractivity contribution >= 4 is 21.6 Å². The summed E-state index contributed by atoms with van der Waals surface area (Å²) in [5.74, 6) is 0.00955. The highest BCUT2D eigenvalue weighted by atomic mass is 32.2. The van der Waals surface area contributed by atoms with Crippen LogP contribution in [0.4, 0.5) is 5.69 Å². The molecule has 0 aliphatic heterocycles. The van der Waals surface area contributed by atoms with Gasteiger partial charge in [0.25, 0.3) is 5.91 Å². The van der Waals surface area contributed by atoms with E-state index in [9.17, 15) is 13.2 Å². The molecule has 0 aliphatic rings. The lowest BCUT2D eigenvalue weighted by Gasteiger charge is -2.08. The third-order valence-corrected chi connectivity index (χ3v) is 3.96. The van der Waals surface area contributed by atoms with E-state index in [4.69, 9.17) is 9.66 Å². The fraction of sp³-hybridized carbons (Fsp3) is 0.333. The van der Waals surface area contributed by atoms with Crippen LogP contribution < -0.4 is 10.5 Å². The van der Waals surface area contributed by atoms with Gasteiger partial charge in [-0.3, -0.25) is 4.79 Å². The number of primary sulfonamides is 1. The van der Waals surface area contributed by atoms with E-state index in [-0.39, 0.29) is 17.6 Å². The van der Waals surface area contributed by atoms with Gasteiger partial charge in [-0.05, 0) is 24.6 Å². The predicted octanol–water partition coefficient (Wildman–Crippen LogP) is 2.15. The molecule has 7 nitrogen and oxygen atoms in total. The van der Waals surface area contributed by atoms with E-state index in [2.05, 4.69) is 10.5 Å². The third-order valence-electron chi connectivity index (χ3n) is 3.22. The van der Waals surface area contributed by atoms with Crippen molar-refractivity contribution in [3.05, 3.63) is 46.8 Å². The van der Waals surface area contributed by atoms with Crippen molar-refractivity contribution in [1.29, 1.82) is 0 Å². The van der Waals surface area contributed by atoms with Gasteiger partial charge in [-0.15, -0.1) is 0 Å². The average molecular weight is 337 g/mol. The molecule has 0 atom stereocenters. The Morgan fingerprint density at radius 1 is 1.30 bits per heavy atom. The van der Waals surface area contributed by atoms with Gasteiger partial charge in [-0.1, -0.05) is 31.1 Å². The zero-order valence-electron chi connectivity index (χ0n) is 13.2. The normalized spacial score (nSPS) is 11.7. The summed E-state index contributed by atoms with van der Waals surface area (Å²) in [7, 11) is -3.58. The number of anilines is 1. The summed E-state index contributed by atoms with van der Waals surface area (Å²) in [4.78, 5) is 12.4. The van der Waals surface area contributed by atoms with Crippen LogP contribution in [-0.4, -0.2) is 19.5 Å². The minimum absolute atomic E-state index is 0.0362. The Balaban J connectivity index is 2.17. The van der Waals surface area contributed by atoms with Crippen molar-refractivity contribution in [3.8, 4) is 0 Å². The van der Waals surface area contributed by atoms with Crippen LogP contribution in [0.5, 0.6) is 0 Å². The lowest BCUT2D eigenvalue weighted by atomic mass is 10.0. The van der Waals surface area contributed by atoms with Gasteiger partial charge in [0, 0.05) is 11.6 Å². The van der Waals surface area contributed by atoms with Gasteiger partial charge in [0.1, 0.15) is 5.56 Å². The van der Waals surface area contributed by atoms with Crippen LogP contribution in [0, 0.1) is 6.92 Å². The molecule has 1 heterocycles. The van der Waals surface area contributed by atoms with E-state index in [0.29, 0.717) is 28.3 Å². The zero-order chi connectivity index (χ0) is 17.2. The van der Waals surface area contributed by atoms with Gasteiger partial charge in [0.05, 0.1) is 11.4 Å². The average Bonchev–Trinajstić information content (AvgIpc) is 2.81. The van der Waals surface area contributed by atoms with Crippen LogP contribution in [-0.2, 0) is 15.8 Å². The Labute approximate surface area is 134 Å². The smallest absolute Gasteiger partial charge is 0.261 e. The van der Waals surface area contributed by atoms with Crippen LogP contribution in [0.3, 0.4) is 0 Å². The first kappa shape index (κ1) is 17.2. The molecule has 3 N–H and O–H groups in total. The molecule has 2 rings (SSSR count). The van der Waals surface area contributed by atoms with E-state index in [1.165, 1.54) is 0 Å². The first-order valence-electron chi connectivity index (χ1n) is 7.04. The highest BCUT2D eigenvalue weighted by Crippen LogP contribution is 2.23. The molecular weight excluding hydrogens is 318 g/mol. The molecule has 8 heteroatoms. The highest BCUT2D eigenvalue weighted by Gasteiger charge is 2.22. The largest absolute Gasteiger partial charge is 0.360 e. The zero-order valence-corrected chi connectivity index (χ0v) is 14.0. The maximum atomic E-state index is 12.4. The first-order valence-corrected chi connectivity index (χ1v) is 8.76. The van der Waals surface area contributed by atoms with Crippen LogP contribution >= 0.6 is 0 Å². The molecule has 1 amide bonds. The number of carbonyl (C=O) groups is 1. The number of nitrogens with two attached hydrogens (primary N) is 1. The number of hydrogen-bond acceptors (Lipinski definition) is 5. The number of aryl methyl sites for hydroxylation is 1. The number of sulfonamides is 1. The molecule has 23 heavy (non-hydrogen) atoms. The van der Waals surface area contributed by atoms with Gasteiger partial charge in [0.2, 0.25) is 10.0 Å². The molecule has 0 fully saturated rings. The fourth-order valence-electron chi connectivity index (χ4n) is 2.17. The minimum Gasteiger partial charge on any atom is -0.360 e. The van der Waals surface area contributed by atoms with Gasteiger partial charge in [0.15, 0.2) is 5.76 Å². The van der Waals surface area contributed by atoms with Crippen molar-refractivity contribution in [2.24, 2.45) is 5.14 Å². The monoisotopic (exact) mass is 337 g/mol. The second-order valence-electron chi connectivity index (χ2n) is 5.62. The molecular formula is C15H19N3O4S. The molecule has 0 saturated heterocycles. The van der Waals surface area contributed by atoms with E-state index >= 15 is 0 Å². The van der Waals surface area contributed by atoms with Crippen LogP contribution in [0.15, 0.2) is 28.8 Å². The summed E-state index contributed by atoms with van der Waals surface area (Å²) in [6, 6.07) is 6.44. The Morgan fingerprint density at radius 3 is 2.43 bits per heavy atom. The summed E-state index contributed by atoms with van der Waals surface area (Å²) in [5.41, 5.74) is 2.05. The number of carbonyl (C=O) groups excluding carboxylic acids is 1. The number of amides is 1. The Morgan fingerprint density at radius 2 is 1.91 bits per heavy atom. The predicted molar refractivity (Wildman–Crippen MR) is 86.5 cm³/mol. The maximum Gasteiger partial charge on any atom is 0.261 e. The maximum absolute atomic E-state index is 12.4. The lowest BCUT2D eigenvalue weighted by molar-refractivity contribution is 0.102. The first-order chi connectivity index (χ1) is 10.7. The van der Waals surface area contributed by atoms with Gasteiger partial charge < -0.3 is 9.84 Å². The molecule has 0 radical (unpaired) electrons. The molecule has 0 aliphatic carbocycles. The van der Waals surface area contributed by atoms with Crippen molar-refractivity contribution < 1.29 is 17.7 Å². The number of aromatic nitrogens is 1. The van der Waals surface area contributed by atoms with Crippen molar-refractivity contribution in [3.63, 3.8) is 0 Å². The summed E-state index contributed by atoms with van der Waals surface area (Å²) in [6.45, 7) is 5.54. The van der Waals surface area contributed by atoms with Crippen LogP contribution in [0.1, 0.15) is 47.1 Å². The number of benzene rings is 1. The second kappa shape index (κ2) is 6.51. The van der Waals surface area contributed by atoms with Crippen molar-refractivity contribution in [1.82, 2.24) is 5.16 Å². The lowest BCUT2D eigenvalue weighted by Crippen LogP contribution is -2.16. The highest BCUT2D eigenvalue weighted by molar-refractivity contribution is 7.88. The number of hydrogen-bond donors (Lipinski definition) is 2. The quantitative estimate of drug-likeness (QED) is 0.867. The molecule has 0 unspecified atom stereocenters. The Kier molecular flexibility index (Phi) is 4.86. The molecule has 0 bridgehead atoms. The summed E-state index contributed by atoms with van der Waals surface area (Å²) >= 11 is 0. The third kappa shape index (κ3) is 4.40. The molecule has 1 aromatic heterocycles. The van der Waals surface area contributed by atoms with Gasteiger partial charge in [-0.2, -0.15) is 0 Å². The van der Waals surface area contributed by atoms with Crippen molar-refractivity contribution in [2.45, 2.75) is 32.4 Å². The van der Waals surface area contributed by atoms with E-state index in [1.54, 1.807) is 31.2 Å². The van der Waals surface area contributed by atoms with Gasteiger partial charge >= 0.3 is 0 Å². The number of nitrogens with zero attached hydrogens (tertiary/aromatic N) is 1. The van der Waals surface area contributed by atoms with E-state index in [0.717, 1.165) is 0 Å². The van der Waals surface area contributed by atoms with Crippen molar-refractivity contribution in [2.75, 3.05) is 5.32 Å². The Bertz CT molecular complexity index is 808. The molecule has 124 valence electrons. The summed E-state index contributed by atoms with van der Waals surface area (Å²) in [5, 5.41) is 11.6. The molecule has 2 aromatic rings. The van der Waals surface area contributed by atoms with E-state index < -0.39 is 10.0 Å². The fourth-order valence-corrected chi connectivity index (χ4v) is 2.82. The van der Waals surface area contributed by atoms with Crippen LogP contribution in [0.25, 0.3) is 0 Å². The summed E-state index contributed by atoms with van der Waals surface area (Å²) < 4.78 is 27.3. The topological polar surface area (TPSA) is 115 Å². The molecule has 0 spiro atoms. The van der Waals surface area contributed by atoms with Gasteiger partial charge in [-0.25, -0.2) is 13.6 Å². The van der Waals surface area contributed by atoms with E-state index in [1.807, 2.05) is 13.8 Å². The number of rotatable bonds is 5. The van der Waals surface area contributed by atoms with Crippen LogP contribution in [0.2, 0.25) is 0 Å². The molecule has 1 aromatic carbocycles.